The second kappa shape index (κ2) is 3.38. The predicted molar refractivity (Wildman–Crippen MR) is 62.9 cm³/mol. The van der Waals surface area contributed by atoms with Crippen molar-refractivity contribution in [1.82, 2.24) is 4.57 Å². The predicted octanol–water partition coefficient (Wildman–Crippen LogP) is 2.89. The maximum atomic E-state index is 10.1. The maximum Gasteiger partial charge on any atom is 0.0860 e. The van der Waals surface area contributed by atoms with Gasteiger partial charge in [0.25, 0.3) is 0 Å². The van der Waals surface area contributed by atoms with Crippen LogP contribution in [0.5, 0.6) is 0 Å². The third-order valence-corrected chi connectivity index (χ3v) is 2.79. The van der Waals surface area contributed by atoms with Gasteiger partial charge >= 0.3 is 0 Å². The van der Waals surface area contributed by atoms with Gasteiger partial charge in [-0.15, -0.1) is 0 Å². The Morgan fingerprint density at radius 3 is 2.60 bits per heavy atom. The summed E-state index contributed by atoms with van der Waals surface area (Å²) < 4.78 is 2.17. The number of aromatic nitrogens is 1. The first kappa shape index (κ1) is 10.2. The average molecular weight is 203 g/mol. The smallest absolute Gasteiger partial charge is 0.0860 e. The van der Waals surface area contributed by atoms with Crippen molar-refractivity contribution in [3.05, 3.63) is 36.0 Å². The third-order valence-electron chi connectivity index (χ3n) is 2.79. The molecule has 2 nitrogen and oxygen atoms in total. The van der Waals surface area contributed by atoms with Crippen LogP contribution in [-0.4, -0.2) is 9.67 Å². The summed E-state index contributed by atoms with van der Waals surface area (Å²) in [5.74, 6) is 0. The van der Waals surface area contributed by atoms with Gasteiger partial charge in [-0.1, -0.05) is 18.2 Å². The number of nitrogens with zero attached hydrogens (tertiary/aromatic N) is 1. The highest BCUT2D eigenvalue weighted by Crippen LogP contribution is 2.28. The fourth-order valence-corrected chi connectivity index (χ4v) is 2.02. The van der Waals surface area contributed by atoms with E-state index in [4.69, 9.17) is 0 Å². The van der Waals surface area contributed by atoms with E-state index in [-0.39, 0.29) is 0 Å². The van der Waals surface area contributed by atoms with E-state index in [9.17, 15) is 5.11 Å². The van der Waals surface area contributed by atoms with Gasteiger partial charge in [-0.2, -0.15) is 0 Å². The zero-order valence-electron chi connectivity index (χ0n) is 9.49. The monoisotopic (exact) mass is 203 g/mol. The van der Waals surface area contributed by atoms with Crippen molar-refractivity contribution in [2.45, 2.75) is 32.9 Å². The molecule has 0 saturated heterocycles. The van der Waals surface area contributed by atoms with Crippen LogP contribution in [0.4, 0.5) is 0 Å². The molecule has 1 heterocycles. The van der Waals surface area contributed by atoms with Gasteiger partial charge < -0.3 is 9.67 Å². The summed E-state index contributed by atoms with van der Waals surface area (Å²) in [7, 11) is 0. The molecule has 0 unspecified atom stereocenters. The molecule has 0 aliphatic heterocycles. The molecule has 0 atom stereocenters. The van der Waals surface area contributed by atoms with Gasteiger partial charge in [-0.25, -0.2) is 0 Å². The number of aliphatic hydroxyl groups is 1. The minimum atomic E-state index is -0.787. The molecule has 0 aliphatic carbocycles. The molecule has 0 radical (unpaired) electrons. The van der Waals surface area contributed by atoms with Crippen molar-refractivity contribution in [2.75, 3.05) is 0 Å². The molecule has 0 spiro atoms. The molecule has 0 amide bonds. The lowest BCUT2D eigenvalue weighted by Crippen LogP contribution is -2.17. The molecular weight excluding hydrogens is 186 g/mol. The molecule has 0 fully saturated rings. The fourth-order valence-electron chi connectivity index (χ4n) is 2.02. The zero-order chi connectivity index (χ0) is 11.1. The molecule has 0 bridgehead atoms. The van der Waals surface area contributed by atoms with Gasteiger partial charge in [0.15, 0.2) is 0 Å². The van der Waals surface area contributed by atoms with Gasteiger partial charge in [0.1, 0.15) is 0 Å². The molecular formula is C13H17NO. The highest BCUT2D eigenvalue weighted by atomic mass is 16.3. The first-order valence-corrected chi connectivity index (χ1v) is 5.34. The molecule has 2 rings (SSSR count). The molecule has 0 aliphatic rings. The molecule has 0 saturated carbocycles. The minimum Gasteiger partial charge on any atom is -0.386 e. The van der Waals surface area contributed by atoms with Crippen LogP contribution in [0.25, 0.3) is 10.9 Å². The van der Waals surface area contributed by atoms with Crippen LogP contribution in [-0.2, 0) is 12.1 Å². The number of para-hydroxylation sites is 1. The summed E-state index contributed by atoms with van der Waals surface area (Å²) in [6.45, 7) is 6.70. The van der Waals surface area contributed by atoms with Crippen LogP contribution in [0.15, 0.2) is 30.5 Å². The molecule has 1 aromatic carbocycles. The third kappa shape index (κ3) is 1.65. The first-order valence-electron chi connectivity index (χ1n) is 5.34. The molecule has 2 heteroatoms. The van der Waals surface area contributed by atoms with Crippen molar-refractivity contribution >= 4 is 10.9 Å². The number of rotatable bonds is 2. The quantitative estimate of drug-likeness (QED) is 0.797. The maximum absolute atomic E-state index is 10.1. The topological polar surface area (TPSA) is 25.2 Å². The summed E-state index contributed by atoms with van der Waals surface area (Å²) in [6.07, 6.45) is 2.07. The lowest BCUT2D eigenvalue weighted by molar-refractivity contribution is 0.0798. The number of hydrogen-bond acceptors (Lipinski definition) is 1. The Hall–Kier alpha value is -1.28. The first-order chi connectivity index (χ1) is 7.04. The van der Waals surface area contributed by atoms with E-state index in [1.807, 2.05) is 26.0 Å². The summed E-state index contributed by atoms with van der Waals surface area (Å²) >= 11 is 0. The largest absolute Gasteiger partial charge is 0.386 e. The number of aryl methyl sites for hydroxylation is 1. The summed E-state index contributed by atoms with van der Waals surface area (Å²) in [4.78, 5) is 0. The average Bonchev–Trinajstić information content (AvgIpc) is 2.58. The highest BCUT2D eigenvalue weighted by Gasteiger charge is 2.20. The Morgan fingerprint density at radius 2 is 2.00 bits per heavy atom. The van der Waals surface area contributed by atoms with Crippen molar-refractivity contribution in [2.24, 2.45) is 0 Å². The van der Waals surface area contributed by atoms with Crippen LogP contribution in [0, 0.1) is 0 Å². The Kier molecular flexibility index (Phi) is 2.31. The summed E-state index contributed by atoms with van der Waals surface area (Å²) in [5.41, 5.74) is 1.35. The van der Waals surface area contributed by atoms with Crippen LogP contribution in [0.1, 0.15) is 26.3 Å². The number of benzene rings is 1. The van der Waals surface area contributed by atoms with Crippen LogP contribution < -0.4 is 0 Å². The van der Waals surface area contributed by atoms with E-state index in [0.717, 1.165) is 17.6 Å². The van der Waals surface area contributed by atoms with E-state index in [0.29, 0.717) is 0 Å². The number of hydrogen-bond donors (Lipinski definition) is 1. The van der Waals surface area contributed by atoms with Crippen molar-refractivity contribution in [3.8, 4) is 0 Å². The van der Waals surface area contributed by atoms with Crippen molar-refractivity contribution in [3.63, 3.8) is 0 Å². The Bertz CT molecular complexity index is 477. The van der Waals surface area contributed by atoms with Gasteiger partial charge in [0.05, 0.1) is 11.1 Å². The molecule has 80 valence electrons. The van der Waals surface area contributed by atoms with Crippen LogP contribution in [0.3, 0.4) is 0 Å². The van der Waals surface area contributed by atoms with Crippen LogP contribution >= 0.6 is 0 Å². The summed E-state index contributed by atoms with van der Waals surface area (Å²) in [6, 6.07) is 8.16. The molecule has 1 N–H and O–H groups in total. The number of fused-ring (bicyclic) bond motifs is 1. The van der Waals surface area contributed by atoms with Gasteiger partial charge in [-0.05, 0) is 32.2 Å². The second-order valence-corrected chi connectivity index (χ2v) is 4.40. The van der Waals surface area contributed by atoms with Gasteiger partial charge in [0, 0.05) is 18.3 Å². The molecule has 15 heavy (non-hydrogen) atoms. The fraction of sp³-hybridized carbons (Fsp3) is 0.385. The Morgan fingerprint density at radius 1 is 1.27 bits per heavy atom. The standard InChI is InChI=1S/C13H17NO/c1-4-14-9-8-10-6-5-7-11(12(10)14)13(2,3)15/h5-9,15H,4H2,1-3H3. The van der Waals surface area contributed by atoms with E-state index >= 15 is 0 Å². The Labute approximate surface area is 90.2 Å². The molecule has 2 aromatic rings. The minimum absolute atomic E-state index is 0.787. The SMILES string of the molecule is CCn1ccc2cccc(C(C)(C)O)c21. The summed E-state index contributed by atoms with van der Waals surface area (Å²) in [5, 5.41) is 11.3. The van der Waals surface area contributed by atoms with E-state index in [1.54, 1.807) is 0 Å². The van der Waals surface area contributed by atoms with E-state index < -0.39 is 5.60 Å². The van der Waals surface area contributed by atoms with Crippen LogP contribution in [0.2, 0.25) is 0 Å². The highest BCUT2D eigenvalue weighted by molar-refractivity contribution is 5.84. The normalized spacial score (nSPS) is 12.3. The van der Waals surface area contributed by atoms with E-state index in [2.05, 4.69) is 29.8 Å². The lowest BCUT2D eigenvalue weighted by Gasteiger charge is -2.20. The Balaban J connectivity index is 2.78. The van der Waals surface area contributed by atoms with Crippen molar-refractivity contribution in [1.29, 1.82) is 0 Å². The van der Waals surface area contributed by atoms with Gasteiger partial charge in [-0.3, -0.25) is 0 Å². The second-order valence-electron chi connectivity index (χ2n) is 4.40. The van der Waals surface area contributed by atoms with Gasteiger partial charge in [0.2, 0.25) is 0 Å². The zero-order valence-corrected chi connectivity index (χ0v) is 9.49. The molecule has 1 aromatic heterocycles. The van der Waals surface area contributed by atoms with E-state index in [1.165, 1.54) is 5.39 Å². The lowest BCUT2D eigenvalue weighted by atomic mass is 9.96. The van der Waals surface area contributed by atoms with Crippen molar-refractivity contribution < 1.29 is 5.11 Å².